The van der Waals surface area contributed by atoms with E-state index >= 15 is 0 Å². The van der Waals surface area contributed by atoms with Crippen molar-refractivity contribution in [3.8, 4) is 17.6 Å². The van der Waals surface area contributed by atoms with Crippen LogP contribution in [0.25, 0.3) is 0 Å². The van der Waals surface area contributed by atoms with E-state index in [1.54, 1.807) is 0 Å². The first kappa shape index (κ1) is 24.0. The fourth-order valence-electron chi connectivity index (χ4n) is 5.25. The number of rotatable bonds is 9. The van der Waals surface area contributed by atoms with Gasteiger partial charge in [-0.1, -0.05) is 63.2 Å². The topological polar surface area (TPSA) is 9.23 Å². The highest BCUT2D eigenvalue weighted by Gasteiger charge is 2.20. The SMILES string of the molecule is CCCCc1ccc(OC[C@H]2CC[C@H](C#CC=C[C@H]3CC[C@H](CCC)CC3)CC2)cc1. The molecule has 0 spiro atoms. The zero-order chi connectivity index (χ0) is 21.7. The molecule has 2 saturated carbocycles. The van der Waals surface area contributed by atoms with Crippen molar-refractivity contribution in [2.75, 3.05) is 6.61 Å². The van der Waals surface area contributed by atoms with Gasteiger partial charge in [0.05, 0.1) is 6.61 Å². The molecule has 170 valence electrons. The summed E-state index contributed by atoms with van der Waals surface area (Å²) in [4.78, 5) is 0. The second kappa shape index (κ2) is 13.7. The maximum atomic E-state index is 6.08. The molecule has 0 unspecified atom stereocenters. The molecule has 0 radical (unpaired) electrons. The first-order valence-electron chi connectivity index (χ1n) is 13.2. The normalized spacial score (nSPS) is 26.4. The Bertz CT molecular complexity index is 688. The lowest BCUT2D eigenvalue weighted by Crippen LogP contribution is -2.19. The lowest BCUT2D eigenvalue weighted by molar-refractivity contribution is 0.196. The van der Waals surface area contributed by atoms with Gasteiger partial charge in [0.2, 0.25) is 0 Å². The molecule has 1 nitrogen and oxygen atoms in total. The van der Waals surface area contributed by atoms with Crippen LogP contribution in [0.2, 0.25) is 0 Å². The fourth-order valence-corrected chi connectivity index (χ4v) is 5.25. The summed E-state index contributed by atoms with van der Waals surface area (Å²) in [5, 5.41) is 0. The molecule has 31 heavy (non-hydrogen) atoms. The molecule has 0 bridgehead atoms. The van der Waals surface area contributed by atoms with E-state index in [0.29, 0.717) is 11.8 Å². The average Bonchev–Trinajstić information content (AvgIpc) is 2.82. The van der Waals surface area contributed by atoms with Gasteiger partial charge in [-0.15, -0.1) is 0 Å². The van der Waals surface area contributed by atoms with Crippen LogP contribution in [0, 0.1) is 35.5 Å². The van der Waals surface area contributed by atoms with E-state index in [-0.39, 0.29) is 0 Å². The molecule has 2 aliphatic rings. The summed E-state index contributed by atoms with van der Waals surface area (Å²) in [7, 11) is 0. The number of benzene rings is 1. The minimum Gasteiger partial charge on any atom is -0.493 e. The first-order valence-corrected chi connectivity index (χ1v) is 13.2. The molecule has 0 heterocycles. The third-order valence-corrected chi connectivity index (χ3v) is 7.40. The van der Waals surface area contributed by atoms with Crippen molar-refractivity contribution >= 4 is 0 Å². The van der Waals surface area contributed by atoms with Gasteiger partial charge in [-0.25, -0.2) is 0 Å². The Morgan fingerprint density at radius 1 is 0.871 bits per heavy atom. The molecule has 0 saturated heterocycles. The van der Waals surface area contributed by atoms with Crippen LogP contribution in [0.15, 0.2) is 36.4 Å². The molecule has 1 aromatic rings. The molecular formula is C30H44O. The summed E-state index contributed by atoms with van der Waals surface area (Å²) in [6.45, 7) is 5.41. The van der Waals surface area contributed by atoms with Crippen molar-refractivity contribution in [3.05, 3.63) is 42.0 Å². The van der Waals surface area contributed by atoms with Crippen molar-refractivity contribution in [3.63, 3.8) is 0 Å². The number of hydrogen-bond acceptors (Lipinski definition) is 1. The van der Waals surface area contributed by atoms with Crippen molar-refractivity contribution in [1.82, 2.24) is 0 Å². The number of allylic oxidation sites excluding steroid dienone is 2. The third-order valence-electron chi connectivity index (χ3n) is 7.40. The zero-order valence-corrected chi connectivity index (χ0v) is 20.1. The van der Waals surface area contributed by atoms with Crippen molar-refractivity contribution in [2.45, 2.75) is 97.3 Å². The predicted octanol–water partition coefficient (Wildman–Crippen LogP) is 8.38. The van der Waals surface area contributed by atoms with Crippen LogP contribution in [0.5, 0.6) is 5.75 Å². The highest BCUT2D eigenvalue weighted by Crippen LogP contribution is 2.32. The molecule has 0 aliphatic heterocycles. The van der Waals surface area contributed by atoms with Gasteiger partial charge in [-0.05, 0) is 106 Å². The van der Waals surface area contributed by atoms with E-state index in [0.717, 1.165) is 24.2 Å². The molecule has 0 N–H and O–H groups in total. The predicted molar refractivity (Wildman–Crippen MR) is 133 cm³/mol. The maximum absolute atomic E-state index is 6.08. The van der Waals surface area contributed by atoms with E-state index in [9.17, 15) is 0 Å². The lowest BCUT2D eigenvalue weighted by Gasteiger charge is -2.26. The van der Waals surface area contributed by atoms with Gasteiger partial charge in [0.15, 0.2) is 0 Å². The van der Waals surface area contributed by atoms with Crippen LogP contribution in [0.3, 0.4) is 0 Å². The number of unbranched alkanes of at least 4 members (excludes halogenated alkanes) is 1. The summed E-state index contributed by atoms with van der Waals surface area (Å²) < 4.78 is 6.08. The molecule has 1 heteroatoms. The minimum absolute atomic E-state index is 0.582. The van der Waals surface area contributed by atoms with Gasteiger partial charge in [0.25, 0.3) is 0 Å². The summed E-state index contributed by atoms with van der Waals surface area (Å²) in [5.41, 5.74) is 1.42. The van der Waals surface area contributed by atoms with Gasteiger partial charge >= 0.3 is 0 Å². The second-order valence-electron chi connectivity index (χ2n) is 9.99. The fraction of sp³-hybridized carbons (Fsp3) is 0.667. The third kappa shape index (κ3) is 8.76. The van der Waals surface area contributed by atoms with Gasteiger partial charge in [-0.3, -0.25) is 0 Å². The van der Waals surface area contributed by atoms with E-state index in [2.05, 4.69) is 62.1 Å². The smallest absolute Gasteiger partial charge is 0.119 e. The van der Waals surface area contributed by atoms with Gasteiger partial charge in [0, 0.05) is 5.92 Å². The molecular weight excluding hydrogens is 376 g/mol. The average molecular weight is 421 g/mol. The lowest BCUT2D eigenvalue weighted by atomic mass is 9.80. The molecule has 2 fully saturated rings. The van der Waals surface area contributed by atoms with E-state index < -0.39 is 0 Å². The van der Waals surface area contributed by atoms with Gasteiger partial charge < -0.3 is 4.74 Å². The van der Waals surface area contributed by atoms with Gasteiger partial charge in [-0.2, -0.15) is 0 Å². The van der Waals surface area contributed by atoms with Crippen LogP contribution in [-0.2, 0) is 6.42 Å². The molecule has 2 aliphatic carbocycles. The summed E-state index contributed by atoms with van der Waals surface area (Å²) in [5.74, 6) is 11.0. The van der Waals surface area contributed by atoms with Crippen LogP contribution in [0.1, 0.15) is 96.5 Å². The van der Waals surface area contributed by atoms with Gasteiger partial charge in [0.1, 0.15) is 5.75 Å². The summed E-state index contributed by atoms with van der Waals surface area (Å²) in [6.07, 6.45) is 21.6. The van der Waals surface area contributed by atoms with E-state index in [4.69, 9.17) is 4.74 Å². The molecule has 0 amide bonds. The minimum atomic E-state index is 0.582. The summed E-state index contributed by atoms with van der Waals surface area (Å²) >= 11 is 0. The van der Waals surface area contributed by atoms with E-state index in [1.807, 2.05) is 0 Å². The maximum Gasteiger partial charge on any atom is 0.119 e. The van der Waals surface area contributed by atoms with Crippen LogP contribution in [0.4, 0.5) is 0 Å². The number of ether oxygens (including phenoxy) is 1. The first-order chi connectivity index (χ1) is 15.3. The van der Waals surface area contributed by atoms with Crippen molar-refractivity contribution in [1.29, 1.82) is 0 Å². The summed E-state index contributed by atoms with van der Waals surface area (Å²) in [6, 6.07) is 8.74. The Labute approximate surface area is 192 Å². The zero-order valence-electron chi connectivity index (χ0n) is 20.1. The largest absolute Gasteiger partial charge is 0.493 e. The molecule has 0 aromatic heterocycles. The van der Waals surface area contributed by atoms with Crippen LogP contribution in [-0.4, -0.2) is 6.61 Å². The number of aryl methyl sites for hydroxylation is 1. The Morgan fingerprint density at radius 3 is 2.26 bits per heavy atom. The second-order valence-corrected chi connectivity index (χ2v) is 9.99. The quantitative estimate of drug-likeness (QED) is 0.364. The van der Waals surface area contributed by atoms with E-state index in [1.165, 1.54) is 89.0 Å². The van der Waals surface area contributed by atoms with Crippen molar-refractivity contribution in [2.24, 2.45) is 23.7 Å². The molecule has 1 aromatic carbocycles. The molecule has 0 atom stereocenters. The Balaban J connectivity index is 1.30. The Hall–Kier alpha value is -1.68. The monoisotopic (exact) mass is 420 g/mol. The highest BCUT2D eigenvalue weighted by atomic mass is 16.5. The van der Waals surface area contributed by atoms with Crippen LogP contribution >= 0.6 is 0 Å². The Morgan fingerprint density at radius 2 is 1.58 bits per heavy atom. The Kier molecular flexibility index (Phi) is 10.6. The van der Waals surface area contributed by atoms with Crippen molar-refractivity contribution < 1.29 is 4.74 Å². The standard InChI is InChI=1S/C30H44O/c1-3-5-9-26-20-22-30(23-21-26)31-24-29-18-16-28(17-19-29)11-7-6-10-27-14-12-25(8-4-2)13-15-27/h6,10,20-23,25,27-29H,3-5,8-9,12-19,24H2,1-2H3/t25-,27-,28-,29-. The van der Waals surface area contributed by atoms with Crippen LogP contribution < -0.4 is 4.74 Å². The molecule has 3 rings (SSSR count). The highest BCUT2D eigenvalue weighted by molar-refractivity contribution is 5.27. The number of hydrogen-bond donors (Lipinski definition) is 0.